The van der Waals surface area contributed by atoms with Crippen molar-refractivity contribution in [2.75, 3.05) is 6.61 Å². The van der Waals surface area contributed by atoms with E-state index >= 15 is 0 Å². The molecule has 0 aromatic rings. The maximum atomic E-state index is 12.9. The van der Waals surface area contributed by atoms with Crippen LogP contribution in [0.25, 0.3) is 0 Å². The summed E-state index contributed by atoms with van der Waals surface area (Å²) in [6, 6.07) is 0. The average molecular weight is 182 g/mol. The monoisotopic (exact) mass is 182 g/mol. The Morgan fingerprint density at radius 1 is 1.42 bits per heavy atom. The summed E-state index contributed by atoms with van der Waals surface area (Å²) < 4.78 is 37.9. The molecule has 0 amide bonds. The van der Waals surface area contributed by atoms with Gasteiger partial charge in [-0.15, -0.1) is 0 Å². The normalized spacial score (nSPS) is 18.5. The maximum Gasteiger partial charge on any atom is 0.157 e. The van der Waals surface area contributed by atoms with Crippen molar-refractivity contribution < 1.29 is 18.3 Å². The number of hydrogen-bond acceptors (Lipinski definition) is 1. The van der Waals surface area contributed by atoms with Crippen molar-refractivity contribution in [1.29, 1.82) is 0 Å². The molecular formula is C8H13F3O. The van der Waals surface area contributed by atoms with E-state index in [0.717, 1.165) is 6.92 Å². The summed E-state index contributed by atoms with van der Waals surface area (Å²) >= 11 is 0. The Kier molecular flexibility index (Phi) is 4.97. The Morgan fingerprint density at radius 2 is 1.92 bits per heavy atom. The topological polar surface area (TPSA) is 20.2 Å². The predicted molar refractivity (Wildman–Crippen MR) is 41.0 cm³/mol. The maximum absolute atomic E-state index is 12.9. The molecule has 0 heterocycles. The van der Waals surface area contributed by atoms with Crippen LogP contribution >= 0.6 is 0 Å². The lowest BCUT2D eigenvalue weighted by atomic mass is 10.1. The van der Waals surface area contributed by atoms with E-state index in [1.54, 1.807) is 0 Å². The second-order valence-corrected chi connectivity index (χ2v) is 2.54. The Hall–Kier alpha value is -0.510. The highest BCUT2D eigenvalue weighted by Gasteiger charge is 2.24. The summed E-state index contributed by atoms with van der Waals surface area (Å²) in [5, 5.41) is 8.51. The predicted octanol–water partition coefficient (Wildman–Crippen LogP) is 2.31. The fourth-order valence-electron chi connectivity index (χ4n) is 0.811. The van der Waals surface area contributed by atoms with E-state index in [2.05, 4.69) is 0 Å². The molecule has 2 atom stereocenters. The van der Waals surface area contributed by atoms with Crippen LogP contribution in [-0.2, 0) is 0 Å². The molecule has 2 unspecified atom stereocenters. The van der Waals surface area contributed by atoms with Crippen LogP contribution in [0.3, 0.4) is 0 Å². The van der Waals surface area contributed by atoms with Crippen LogP contribution in [0.4, 0.5) is 13.2 Å². The van der Waals surface area contributed by atoms with Crippen LogP contribution in [0, 0.1) is 0 Å². The van der Waals surface area contributed by atoms with E-state index in [1.165, 1.54) is 6.92 Å². The Bertz CT molecular complexity index is 164. The zero-order valence-corrected chi connectivity index (χ0v) is 7.15. The van der Waals surface area contributed by atoms with Crippen molar-refractivity contribution in [2.24, 2.45) is 0 Å². The molecule has 0 aliphatic carbocycles. The zero-order valence-electron chi connectivity index (χ0n) is 7.15. The standard InChI is InChI=1S/C8H13F3O/c1-3-7(10)8(11)6(4-12)5(2)9/h7-8,12H,3-4H2,1-2H3/b6-5+. The van der Waals surface area contributed by atoms with Gasteiger partial charge in [-0.05, 0) is 13.3 Å². The van der Waals surface area contributed by atoms with Gasteiger partial charge in [0.15, 0.2) is 6.17 Å². The van der Waals surface area contributed by atoms with Crippen LogP contribution in [-0.4, -0.2) is 24.1 Å². The lowest BCUT2D eigenvalue weighted by Gasteiger charge is -2.13. The number of aliphatic hydroxyl groups is 1. The van der Waals surface area contributed by atoms with Crippen LogP contribution in [0.1, 0.15) is 20.3 Å². The minimum absolute atomic E-state index is 0.0298. The van der Waals surface area contributed by atoms with E-state index in [1.807, 2.05) is 0 Å². The Labute approximate surface area is 69.9 Å². The van der Waals surface area contributed by atoms with Gasteiger partial charge in [0.1, 0.15) is 12.0 Å². The first-order valence-corrected chi connectivity index (χ1v) is 3.78. The number of aliphatic hydroxyl groups excluding tert-OH is 1. The van der Waals surface area contributed by atoms with Crippen LogP contribution in [0.15, 0.2) is 11.4 Å². The molecule has 4 heteroatoms. The van der Waals surface area contributed by atoms with Gasteiger partial charge in [0.05, 0.1) is 6.61 Å². The second kappa shape index (κ2) is 5.19. The first-order valence-electron chi connectivity index (χ1n) is 3.78. The van der Waals surface area contributed by atoms with Gasteiger partial charge in [-0.2, -0.15) is 0 Å². The van der Waals surface area contributed by atoms with Gasteiger partial charge in [0, 0.05) is 5.57 Å². The van der Waals surface area contributed by atoms with E-state index in [9.17, 15) is 13.2 Å². The highest BCUT2D eigenvalue weighted by molar-refractivity contribution is 5.13. The van der Waals surface area contributed by atoms with Crippen molar-refractivity contribution >= 4 is 0 Å². The number of halogens is 3. The molecule has 0 fully saturated rings. The molecule has 12 heavy (non-hydrogen) atoms. The minimum atomic E-state index is -2.02. The van der Waals surface area contributed by atoms with Crippen molar-refractivity contribution in [3.05, 3.63) is 11.4 Å². The van der Waals surface area contributed by atoms with E-state index in [-0.39, 0.29) is 6.42 Å². The van der Waals surface area contributed by atoms with Gasteiger partial charge in [-0.25, -0.2) is 13.2 Å². The molecule has 1 nitrogen and oxygen atoms in total. The summed E-state index contributed by atoms with van der Waals surface area (Å²) in [5.74, 6) is -0.846. The molecule has 0 aliphatic rings. The molecule has 0 rings (SSSR count). The molecule has 0 aliphatic heterocycles. The smallest absolute Gasteiger partial charge is 0.157 e. The van der Waals surface area contributed by atoms with E-state index < -0.39 is 30.4 Å². The molecule has 0 bridgehead atoms. The van der Waals surface area contributed by atoms with Gasteiger partial charge in [0.2, 0.25) is 0 Å². The molecule has 0 spiro atoms. The van der Waals surface area contributed by atoms with Crippen molar-refractivity contribution in [3.63, 3.8) is 0 Å². The first-order chi connectivity index (χ1) is 5.54. The first kappa shape index (κ1) is 11.5. The van der Waals surface area contributed by atoms with Crippen LogP contribution < -0.4 is 0 Å². The third kappa shape index (κ3) is 2.85. The van der Waals surface area contributed by atoms with Crippen molar-refractivity contribution in [3.8, 4) is 0 Å². The molecule has 72 valence electrons. The van der Waals surface area contributed by atoms with Gasteiger partial charge < -0.3 is 5.11 Å². The van der Waals surface area contributed by atoms with Gasteiger partial charge in [0.25, 0.3) is 0 Å². The summed E-state index contributed by atoms with van der Waals surface area (Å²) in [6.07, 6.45) is -3.79. The second-order valence-electron chi connectivity index (χ2n) is 2.54. The summed E-state index contributed by atoms with van der Waals surface area (Å²) in [4.78, 5) is 0. The fraction of sp³-hybridized carbons (Fsp3) is 0.750. The van der Waals surface area contributed by atoms with Crippen LogP contribution in [0.2, 0.25) is 0 Å². The quantitative estimate of drug-likeness (QED) is 0.707. The fourth-order valence-corrected chi connectivity index (χ4v) is 0.811. The SMILES string of the molecule is CCC(F)C(F)/C(CO)=C(\C)F. The summed E-state index contributed by atoms with van der Waals surface area (Å²) in [5.41, 5.74) is -0.496. The van der Waals surface area contributed by atoms with Crippen molar-refractivity contribution in [2.45, 2.75) is 32.6 Å². The number of alkyl halides is 2. The molecule has 0 saturated carbocycles. The Morgan fingerprint density at radius 3 is 2.17 bits per heavy atom. The van der Waals surface area contributed by atoms with E-state index in [0.29, 0.717) is 0 Å². The summed E-state index contributed by atoms with van der Waals surface area (Å²) in [6.45, 7) is 1.68. The number of rotatable bonds is 4. The van der Waals surface area contributed by atoms with Gasteiger partial charge in [-0.1, -0.05) is 6.92 Å². The molecule has 0 radical (unpaired) electrons. The molecule has 0 aromatic heterocycles. The number of allylic oxidation sites excluding steroid dienone is 1. The summed E-state index contributed by atoms with van der Waals surface area (Å²) in [7, 11) is 0. The third-order valence-corrected chi connectivity index (χ3v) is 1.65. The molecule has 0 saturated heterocycles. The molecule has 1 N–H and O–H groups in total. The lowest BCUT2D eigenvalue weighted by Crippen LogP contribution is -2.21. The lowest BCUT2D eigenvalue weighted by molar-refractivity contribution is 0.170. The van der Waals surface area contributed by atoms with E-state index in [4.69, 9.17) is 5.11 Å². The largest absolute Gasteiger partial charge is 0.392 e. The zero-order chi connectivity index (χ0) is 9.72. The molecule has 0 aromatic carbocycles. The van der Waals surface area contributed by atoms with Crippen molar-refractivity contribution in [1.82, 2.24) is 0 Å². The highest BCUT2D eigenvalue weighted by atomic mass is 19.2. The highest BCUT2D eigenvalue weighted by Crippen LogP contribution is 2.19. The number of hydrogen-bond donors (Lipinski definition) is 1. The van der Waals surface area contributed by atoms with Gasteiger partial charge in [-0.3, -0.25) is 0 Å². The minimum Gasteiger partial charge on any atom is -0.392 e. The Balaban J connectivity index is 4.43. The third-order valence-electron chi connectivity index (χ3n) is 1.65. The molecular weight excluding hydrogens is 169 g/mol. The average Bonchev–Trinajstić information content (AvgIpc) is 2.03. The van der Waals surface area contributed by atoms with Crippen LogP contribution in [0.5, 0.6) is 0 Å². The van der Waals surface area contributed by atoms with Gasteiger partial charge >= 0.3 is 0 Å².